The zero-order valence-corrected chi connectivity index (χ0v) is 14.4. The van der Waals surface area contributed by atoms with Crippen molar-refractivity contribution in [1.29, 1.82) is 0 Å². The van der Waals surface area contributed by atoms with Crippen LogP contribution in [0, 0.1) is 6.92 Å². The molecular weight excluding hydrogens is 296 g/mol. The summed E-state index contributed by atoms with van der Waals surface area (Å²) >= 11 is 0. The number of rotatable bonds is 8. The molecule has 0 unspecified atom stereocenters. The number of ether oxygens (including phenoxy) is 2. The molecule has 0 saturated heterocycles. The predicted molar refractivity (Wildman–Crippen MR) is 87.9 cm³/mol. The summed E-state index contributed by atoms with van der Waals surface area (Å²) in [5, 5.41) is 19.7. The highest BCUT2D eigenvalue weighted by Crippen LogP contribution is 2.12. The van der Waals surface area contributed by atoms with Crippen LogP contribution in [0.3, 0.4) is 0 Å². The van der Waals surface area contributed by atoms with Gasteiger partial charge in [0.25, 0.3) is 0 Å². The highest BCUT2D eigenvalue weighted by molar-refractivity contribution is 5.70. The third kappa shape index (κ3) is 9.33. The second kappa shape index (κ2) is 9.01. The Hall–Kier alpha value is -1.43. The van der Waals surface area contributed by atoms with E-state index >= 15 is 0 Å². The minimum absolute atomic E-state index is 0.0765. The molecule has 0 aliphatic rings. The molecule has 2 atom stereocenters. The Morgan fingerprint density at radius 1 is 1.13 bits per heavy atom. The van der Waals surface area contributed by atoms with Gasteiger partial charge in [0.2, 0.25) is 0 Å². The fourth-order valence-electron chi connectivity index (χ4n) is 2.04. The molecule has 0 aliphatic heterocycles. The van der Waals surface area contributed by atoms with Crippen LogP contribution in [-0.4, -0.2) is 40.6 Å². The molecular formula is C18H28O5. The quantitative estimate of drug-likeness (QED) is 0.718. The number of aliphatic hydroxyl groups excluding tert-OH is 2. The summed E-state index contributed by atoms with van der Waals surface area (Å²) in [6.45, 7) is 7.83. The lowest BCUT2D eigenvalue weighted by molar-refractivity contribution is -0.157. The third-order valence-electron chi connectivity index (χ3n) is 3.07. The Morgan fingerprint density at radius 3 is 2.30 bits per heavy atom. The molecule has 1 rings (SSSR count). The average molecular weight is 324 g/mol. The third-order valence-corrected chi connectivity index (χ3v) is 3.07. The highest BCUT2D eigenvalue weighted by Gasteiger charge is 2.21. The van der Waals surface area contributed by atoms with Gasteiger partial charge in [0.1, 0.15) is 5.60 Å². The van der Waals surface area contributed by atoms with Crippen molar-refractivity contribution in [3.05, 3.63) is 35.4 Å². The van der Waals surface area contributed by atoms with Crippen molar-refractivity contribution in [2.45, 2.75) is 65.0 Å². The Morgan fingerprint density at radius 2 is 1.74 bits per heavy atom. The van der Waals surface area contributed by atoms with E-state index in [1.165, 1.54) is 5.56 Å². The normalized spacial score (nSPS) is 14.3. The number of benzene rings is 1. The van der Waals surface area contributed by atoms with E-state index in [1.54, 1.807) is 20.8 Å². The second-order valence-corrected chi connectivity index (χ2v) is 6.83. The smallest absolute Gasteiger partial charge is 0.308 e. The number of esters is 1. The first-order valence-corrected chi connectivity index (χ1v) is 7.87. The van der Waals surface area contributed by atoms with E-state index in [2.05, 4.69) is 0 Å². The minimum Gasteiger partial charge on any atom is -0.460 e. The number of carbonyl (C=O) groups excluding carboxylic acids is 1. The minimum atomic E-state index is -0.942. The molecule has 23 heavy (non-hydrogen) atoms. The van der Waals surface area contributed by atoms with Crippen LogP contribution in [0.1, 0.15) is 44.7 Å². The van der Waals surface area contributed by atoms with Gasteiger partial charge in [-0.25, -0.2) is 0 Å². The molecule has 0 fully saturated rings. The van der Waals surface area contributed by atoms with Crippen molar-refractivity contribution in [1.82, 2.24) is 0 Å². The molecule has 0 radical (unpaired) electrons. The van der Waals surface area contributed by atoms with Gasteiger partial charge in [-0.15, -0.1) is 0 Å². The van der Waals surface area contributed by atoms with Gasteiger partial charge in [-0.1, -0.05) is 29.8 Å². The first-order valence-electron chi connectivity index (χ1n) is 7.87. The fourth-order valence-corrected chi connectivity index (χ4v) is 2.04. The molecule has 5 heteroatoms. The zero-order chi connectivity index (χ0) is 17.5. The first kappa shape index (κ1) is 19.6. The molecule has 130 valence electrons. The van der Waals surface area contributed by atoms with E-state index in [0.29, 0.717) is 6.61 Å². The van der Waals surface area contributed by atoms with Crippen LogP contribution in [0.4, 0.5) is 0 Å². The predicted octanol–water partition coefficient (Wildman–Crippen LogP) is 2.36. The van der Waals surface area contributed by atoms with Crippen LogP contribution in [-0.2, 0) is 20.9 Å². The maximum absolute atomic E-state index is 11.6. The summed E-state index contributed by atoms with van der Waals surface area (Å²) in [4.78, 5) is 11.6. The molecule has 0 heterocycles. The van der Waals surface area contributed by atoms with Crippen molar-refractivity contribution in [3.63, 3.8) is 0 Å². The van der Waals surface area contributed by atoms with Gasteiger partial charge in [0, 0.05) is 6.42 Å². The van der Waals surface area contributed by atoms with Crippen molar-refractivity contribution in [2.24, 2.45) is 0 Å². The number of aliphatic hydroxyl groups is 2. The van der Waals surface area contributed by atoms with E-state index in [0.717, 1.165) is 5.56 Å². The molecule has 0 aromatic heterocycles. The lowest BCUT2D eigenvalue weighted by Crippen LogP contribution is -2.29. The summed E-state index contributed by atoms with van der Waals surface area (Å²) in [7, 11) is 0. The van der Waals surface area contributed by atoms with E-state index in [9.17, 15) is 15.0 Å². The van der Waals surface area contributed by atoms with Gasteiger partial charge >= 0.3 is 5.97 Å². The first-order chi connectivity index (χ1) is 10.7. The molecule has 0 saturated carbocycles. The monoisotopic (exact) mass is 324 g/mol. The molecule has 1 aromatic rings. The van der Waals surface area contributed by atoms with Crippen molar-refractivity contribution in [3.8, 4) is 0 Å². The standard InChI is InChI=1S/C18H28O5/c1-13-5-7-14(8-6-13)11-22-12-16(20)9-15(19)10-17(21)23-18(2,3)4/h5-8,15-16,19-20H,9-12H2,1-4H3/t15-,16-/m0/s1. The molecule has 0 bridgehead atoms. The summed E-state index contributed by atoms with van der Waals surface area (Å²) in [6.07, 6.45) is -1.82. The van der Waals surface area contributed by atoms with Gasteiger partial charge in [-0.3, -0.25) is 4.79 Å². The van der Waals surface area contributed by atoms with Crippen LogP contribution in [0.5, 0.6) is 0 Å². The Bertz CT molecular complexity index is 475. The topological polar surface area (TPSA) is 76.0 Å². The largest absolute Gasteiger partial charge is 0.460 e. The summed E-state index contributed by atoms with van der Waals surface area (Å²) in [6, 6.07) is 7.94. The van der Waals surface area contributed by atoms with Gasteiger partial charge in [-0.2, -0.15) is 0 Å². The Balaban J connectivity index is 2.23. The molecule has 0 amide bonds. The van der Waals surface area contributed by atoms with E-state index in [-0.39, 0.29) is 19.4 Å². The summed E-state index contributed by atoms with van der Waals surface area (Å²) < 4.78 is 10.6. The van der Waals surface area contributed by atoms with Crippen LogP contribution >= 0.6 is 0 Å². The fraction of sp³-hybridized carbons (Fsp3) is 0.611. The summed E-state index contributed by atoms with van der Waals surface area (Å²) in [5.74, 6) is -0.474. The Kier molecular flexibility index (Phi) is 7.68. The molecule has 0 aliphatic carbocycles. The lowest BCUT2D eigenvalue weighted by Gasteiger charge is -2.21. The van der Waals surface area contributed by atoms with E-state index in [1.807, 2.05) is 31.2 Å². The Labute approximate surface area is 138 Å². The average Bonchev–Trinajstić information content (AvgIpc) is 2.38. The van der Waals surface area contributed by atoms with Crippen LogP contribution in [0.15, 0.2) is 24.3 Å². The number of hydrogen-bond donors (Lipinski definition) is 2. The lowest BCUT2D eigenvalue weighted by atomic mass is 10.1. The SMILES string of the molecule is Cc1ccc(COC[C@@H](O)C[C@H](O)CC(=O)OC(C)(C)C)cc1. The van der Waals surface area contributed by atoms with Gasteiger partial charge in [-0.05, 0) is 33.3 Å². The molecule has 0 spiro atoms. The van der Waals surface area contributed by atoms with Crippen LogP contribution in [0.2, 0.25) is 0 Å². The maximum atomic E-state index is 11.6. The molecule has 1 aromatic carbocycles. The van der Waals surface area contributed by atoms with Gasteiger partial charge in [0.15, 0.2) is 0 Å². The van der Waals surface area contributed by atoms with Gasteiger partial charge < -0.3 is 19.7 Å². The van der Waals surface area contributed by atoms with Crippen LogP contribution in [0.25, 0.3) is 0 Å². The highest BCUT2D eigenvalue weighted by atomic mass is 16.6. The number of carbonyl (C=O) groups is 1. The van der Waals surface area contributed by atoms with E-state index < -0.39 is 23.8 Å². The second-order valence-electron chi connectivity index (χ2n) is 6.83. The van der Waals surface area contributed by atoms with Crippen molar-refractivity contribution < 1.29 is 24.5 Å². The zero-order valence-electron chi connectivity index (χ0n) is 14.4. The van der Waals surface area contributed by atoms with Crippen LogP contribution < -0.4 is 0 Å². The van der Waals surface area contributed by atoms with Gasteiger partial charge in [0.05, 0.1) is 31.8 Å². The van der Waals surface area contributed by atoms with Crippen molar-refractivity contribution in [2.75, 3.05) is 6.61 Å². The maximum Gasteiger partial charge on any atom is 0.308 e. The van der Waals surface area contributed by atoms with E-state index in [4.69, 9.17) is 9.47 Å². The van der Waals surface area contributed by atoms with Crippen molar-refractivity contribution >= 4 is 5.97 Å². The number of hydrogen-bond acceptors (Lipinski definition) is 5. The number of aryl methyl sites for hydroxylation is 1. The molecule has 5 nitrogen and oxygen atoms in total. The molecule has 2 N–H and O–H groups in total. The summed E-state index contributed by atoms with van der Waals surface area (Å²) in [5.41, 5.74) is 1.63.